The Hall–Kier alpha value is -3.84. The summed E-state index contributed by atoms with van der Waals surface area (Å²) in [6, 6.07) is 7.17. The van der Waals surface area contributed by atoms with Gasteiger partial charge in [-0.2, -0.15) is 13.8 Å². The number of aliphatic hydroxyl groups excluding tert-OH is 1. The van der Waals surface area contributed by atoms with E-state index in [0.29, 0.717) is 43.1 Å². The number of hydrogen-bond acceptors (Lipinski definition) is 10. The first kappa shape index (κ1) is 25.8. The molecule has 0 saturated carbocycles. The van der Waals surface area contributed by atoms with Gasteiger partial charge in [0.05, 0.1) is 25.5 Å². The second-order valence-electron chi connectivity index (χ2n) is 7.16. The number of ether oxygens (including phenoxy) is 2. The average molecular weight is 492 g/mol. The Labute approximate surface area is 198 Å². The van der Waals surface area contributed by atoms with Crippen molar-refractivity contribution in [3.8, 4) is 16.9 Å². The van der Waals surface area contributed by atoms with Crippen molar-refractivity contribution in [3.05, 3.63) is 48.0 Å². The van der Waals surface area contributed by atoms with Crippen LogP contribution < -0.4 is 15.0 Å². The maximum Gasteiger partial charge on any atom is 0.387 e. The van der Waals surface area contributed by atoms with Crippen molar-refractivity contribution in [2.24, 2.45) is 0 Å². The van der Waals surface area contributed by atoms with Crippen LogP contribution in [0.4, 0.5) is 30.8 Å². The molecule has 1 unspecified atom stereocenters. The van der Waals surface area contributed by atoms with Crippen molar-refractivity contribution < 1.29 is 32.5 Å². The van der Waals surface area contributed by atoms with Crippen molar-refractivity contribution in [1.29, 1.82) is 0 Å². The minimum absolute atomic E-state index is 0.0207. The van der Waals surface area contributed by atoms with Gasteiger partial charge in [-0.25, -0.2) is 9.37 Å². The van der Waals surface area contributed by atoms with Crippen molar-refractivity contribution >= 4 is 23.9 Å². The lowest BCUT2D eigenvalue weighted by Gasteiger charge is -2.33. The number of morpholine rings is 1. The fourth-order valence-electron chi connectivity index (χ4n) is 3.33. The third kappa shape index (κ3) is 6.39. The quantitative estimate of drug-likeness (QED) is 0.476. The summed E-state index contributed by atoms with van der Waals surface area (Å²) in [6.07, 6.45) is 1.57. The van der Waals surface area contributed by atoms with Crippen LogP contribution in [0.1, 0.15) is 17.4 Å². The first-order chi connectivity index (χ1) is 16.9. The summed E-state index contributed by atoms with van der Waals surface area (Å²) in [6.45, 7) is 0.582. The Morgan fingerprint density at radius 1 is 1.26 bits per heavy atom. The minimum atomic E-state index is -2.95. The van der Waals surface area contributed by atoms with E-state index in [-0.39, 0.29) is 29.1 Å². The molecule has 2 N–H and O–H groups in total. The van der Waals surface area contributed by atoms with Crippen LogP contribution in [-0.2, 0) is 4.74 Å². The first-order valence-corrected chi connectivity index (χ1v) is 10.4. The number of hydrogen-bond donors (Lipinski definition) is 2. The molecule has 1 saturated heterocycles. The smallest absolute Gasteiger partial charge is 0.387 e. The van der Waals surface area contributed by atoms with E-state index in [1.54, 1.807) is 0 Å². The molecule has 13 heteroatoms. The molecule has 0 amide bonds. The molecule has 35 heavy (non-hydrogen) atoms. The van der Waals surface area contributed by atoms with Gasteiger partial charge in [0, 0.05) is 19.2 Å². The van der Waals surface area contributed by atoms with Gasteiger partial charge in [-0.1, -0.05) is 12.1 Å². The number of nitrogens with zero attached hydrogens (tertiary/aromatic N) is 5. The fraction of sp³-hybridized carbons (Fsp3) is 0.318. The lowest BCUT2D eigenvalue weighted by molar-refractivity contribution is -0.0498. The molecule has 0 spiro atoms. The van der Waals surface area contributed by atoms with Crippen LogP contribution in [0.5, 0.6) is 5.75 Å². The van der Waals surface area contributed by atoms with Gasteiger partial charge in [0.25, 0.3) is 0 Å². The van der Waals surface area contributed by atoms with Gasteiger partial charge in [-0.3, -0.25) is 4.79 Å². The zero-order valence-electron chi connectivity index (χ0n) is 18.9. The van der Waals surface area contributed by atoms with Crippen LogP contribution in [0.25, 0.3) is 11.1 Å². The number of aliphatic hydroxyl groups is 1. The molecule has 10 nitrogen and oxygen atoms in total. The van der Waals surface area contributed by atoms with E-state index in [4.69, 9.17) is 9.84 Å². The van der Waals surface area contributed by atoms with Gasteiger partial charge < -0.3 is 24.8 Å². The Bertz CT molecular complexity index is 1140. The van der Waals surface area contributed by atoms with Crippen molar-refractivity contribution in [3.63, 3.8) is 0 Å². The summed E-state index contributed by atoms with van der Waals surface area (Å²) < 4.78 is 48.9. The summed E-state index contributed by atoms with van der Waals surface area (Å²) >= 11 is 0. The standard InChI is InChI=1S/C21H19F3N6O3.CH4O/c1-12-11-32-7-6-30(12)21-25-9-16(22)19(27-21)26-18-8-15(17(10-31)28-29-18)13-2-4-14(5-3-13)33-20(23)24;1-2/h2-5,8-10,12,20H,6-7,11H2,1H3,(H,25,26,27,29);2H,1H3. The highest BCUT2D eigenvalue weighted by Crippen LogP contribution is 2.28. The van der Waals surface area contributed by atoms with Crippen molar-refractivity contribution in [2.75, 3.05) is 37.1 Å². The summed E-state index contributed by atoms with van der Waals surface area (Å²) in [7, 11) is 1.00. The molecule has 1 aliphatic heterocycles. The summed E-state index contributed by atoms with van der Waals surface area (Å²) in [5.74, 6) is -0.381. The topological polar surface area (TPSA) is 123 Å². The molecule has 1 aromatic carbocycles. The Morgan fingerprint density at radius 3 is 2.66 bits per heavy atom. The fourth-order valence-corrected chi connectivity index (χ4v) is 3.33. The highest BCUT2D eigenvalue weighted by molar-refractivity contribution is 5.86. The molecule has 0 aliphatic carbocycles. The highest BCUT2D eigenvalue weighted by Gasteiger charge is 2.23. The van der Waals surface area contributed by atoms with E-state index in [2.05, 4.69) is 30.2 Å². The molecule has 1 aliphatic rings. The largest absolute Gasteiger partial charge is 0.435 e. The molecular formula is C22H23F3N6O4. The van der Waals surface area contributed by atoms with Crippen LogP contribution in [-0.4, -0.2) is 71.1 Å². The van der Waals surface area contributed by atoms with Crippen molar-refractivity contribution in [1.82, 2.24) is 20.2 Å². The molecule has 1 fully saturated rings. The van der Waals surface area contributed by atoms with E-state index in [9.17, 15) is 18.0 Å². The SMILES string of the molecule is CC1COCCN1c1ncc(F)c(Nc2cc(-c3ccc(OC(F)F)cc3)c(C=O)nn2)n1.CO. The van der Waals surface area contributed by atoms with Crippen LogP contribution in [0.2, 0.25) is 0 Å². The van der Waals surface area contributed by atoms with Crippen LogP contribution in [0.15, 0.2) is 36.5 Å². The maximum atomic E-state index is 14.4. The maximum absolute atomic E-state index is 14.4. The van der Waals surface area contributed by atoms with Crippen molar-refractivity contribution in [2.45, 2.75) is 19.6 Å². The van der Waals surface area contributed by atoms with E-state index in [1.807, 2.05) is 11.8 Å². The summed E-state index contributed by atoms with van der Waals surface area (Å²) in [5, 5.41) is 17.5. The number of aldehydes is 1. The van der Waals surface area contributed by atoms with Crippen LogP contribution in [0.3, 0.4) is 0 Å². The van der Waals surface area contributed by atoms with Crippen LogP contribution in [0, 0.1) is 5.82 Å². The van der Waals surface area contributed by atoms with Gasteiger partial charge >= 0.3 is 6.61 Å². The summed E-state index contributed by atoms with van der Waals surface area (Å²) in [5.41, 5.74) is 0.888. The first-order valence-electron chi connectivity index (χ1n) is 10.4. The zero-order chi connectivity index (χ0) is 25.4. The average Bonchev–Trinajstić information content (AvgIpc) is 2.87. The van der Waals surface area contributed by atoms with Crippen LogP contribution >= 0.6 is 0 Å². The monoisotopic (exact) mass is 492 g/mol. The molecule has 3 heterocycles. The molecular weight excluding hydrogens is 469 g/mol. The highest BCUT2D eigenvalue weighted by atomic mass is 19.3. The Kier molecular flexibility index (Phi) is 8.86. The van der Waals surface area contributed by atoms with Gasteiger partial charge in [0.2, 0.25) is 5.95 Å². The Morgan fingerprint density at radius 2 is 2.00 bits per heavy atom. The van der Waals surface area contributed by atoms with E-state index < -0.39 is 12.4 Å². The van der Waals surface area contributed by atoms with Gasteiger partial charge in [-0.05, 0) is 30.7 Å². The molecule has 0 radical (unpaired) electrons. The summed E-state index contributed by atoms with van der Waals surface area (Å²) in [4.78, 5) is 21.7. The third-order valence-electron chi connectivity index (χ3n) is 4.93. The van der Waals surface area contributed by atoms with Gasteiger partial charge in [-0.15, -0.1) is 10.2 Å². The number of nitrogens with one attached hydrogen (secondary N) is 1. The molecule has 186 valence electrons. The molecule has 0 bridgehead atoms. The number of benzene rings is 1. The number of carbonyl (C=O) groups excluding carboxylic acids is 1. The molecule has 1 atom stereocenters. The predicted molar refractivity (Wildman–Crippen MR) is 121 cm³/mol. The molecule has 2 aromatic heterocycles. The number of rotatable bonds is 7. The Balaban J connectivity index is 0.00000167. The lowest BCUT2D eigenvalue weighted by atomic mass is 10.0. The number of alkyl halides is 2. The van der Waals surface area contributed by atoms with E-state index in [1.165, 1.54) is 30.3 Å². The minimum Gasteiger partial charge on any atom is -0.435 e. The normalized spacial score (nSPS) is 15.3. The van der Waals surface area contributed by atoms with Gasteiger partial charge in [0.15, 0.2) is 23.7 Å². The predicted octanol–water partition coefficient (Wildman–Crippen LogP) is 3.06. The zero-order valence-corrected chi connectivity index (χ0v) is 18.9. The number of halogens is 3. The van der Waals surface area contributed by atoms with Gasteiger partial charge in [0.1, 0.15) is 11.4 Å². The number of anilines is 3. The molecule has 4 rings (SSSR count). The lowest BCUT2D eigenvalue weighted by Crippen LogP contribution is -2.44. The third-order valence-corrected chi connectivity index (χ3v) is 4.93. The molecule has 3 aromatic rings. The second kappa shape index (κ2) is 12.0. The number of carbonyl (C=O) groups is 1. The van der Waals surface area contributed by atoms with E-state index in [0.717, 1.165) is 13.3 Å². The second-order valence-corrected chi connectivity index (χ2v) is 7.16. The number of aromatic nitrogens is 4. The van der Waals surface area contributed by atoms with E-state index >= 15 is 0 Å².